The van der Waals surface area contributed by atoms with Gasteiger partial charge in [0.05, 0.1) is 12.2 Å². The minimum Gasteiger partial charge on any atom is -0.444 e. The maximum absolute atomic E-state index is 5.61. The van der Waals surface area contributed by atoms with E-state index < -0.39 is 0 Å². The van der Waals surface area contributed by atoms with Crippen molar-refractivity contribution in [3.63, 3.8) is 0 Å². The second-order valence-electron chi connectivity index (χ2n) is 6.39. The number of oxazole rings is 1. The number of nitrogens with one attached hydrogen (secondary N) is 1. The Balaban J connectivity index is 1.35. The summed E-state index contributed by atoms with van der Waals surface area (Å²) in [5.41, 5.74) is 4.67. The topological polar surface area (TPSA) is 81.1 Å². The standard InChI is InChI=1S/C20H16N6OS/c1-13-2-4-14(5-3-13)20-22-16(11-27-20)10-21-17-6-7-18-23-24-19(26(18)25-17)15-8-9-28-12-15/h2-9,11-12H,10H2,1H3,(H,21,25). The normalized spacial score (nSPS) is 11.2. The van der Waals surface area contributed by atoms with Crippen LogP contribution < -0.4 is 5.32 Å². The summed E-state index contributed by atoms with van der Waals surface area (Å²) >= 11 is 1.62. The van der Waals surface area contributed by atoms with Gasteiger partial charge in [0.25, 0.3) is 0 Å². The largest absolute Gasteiger partial charge is 0.444 e. The van der Waals surface area contributed by atoms with Crippen molar-refractivity contribution in [3.8, 4) is 22.8 Å². The van der Waals surface area contributed by atoms with Gasteiger partial charge in [-0.2, -0.15) is 15.9 Å². The Morgan fingerprint density at radius 2 is 1.93 bits per heavy atom. The van der Waals surface area contributed by atoms with E-state index in [1.807, 2.05) is 53.2 Å². The van der Waals surface area contributed by atoms with Crippen molar-refractivity contribution in [1.82, 2.24) is 24.8 Å². The Morgan fingerprint density at radius 3 is 2.75 bits per heavy atom. The van der Waals surface area contributed by atoms with Gasteiger partial charge in [0, 0.05) is 16.5 Å². The van der Waals surface area contributed by atoms with Crippen molar-refractivity contribution < 1.29 is 4.42 Å². The van der Waals surface area contributed by atoms with Crippen molar-refractivity contribution >= 4 is 22.8 Å². The molecule has 5 aromatic rings. The zero-order chi connectivity index (χ0) is 18.9. The Kier molecular flexibility index (Phi) is 4.10. The first-order chi connectivity index (χ1) is 13.8. The van der Waals surface area contributed by atoms with Gasteiger partial charge in [0.15, 0.2) is 11.5 Å². The number of nitrogens with zero attached hydrogens (tertiary/aromatic N) is 5. The Hall–Kier alpha value is -3.52. The van der Waals surface area contributed by atoms with Gasteiger partial charge in [-0.15, -0.1) is 15.3 Å². The van der Waals surface area contributed by atoms with E-state index in [0.717, 1.165) is 22.6 Å². The van der Waals surface area contributed by atoms with E-state index in [1.165, 1.54) is 5.56 Å². The molecule has 4 heterocycles. The molecule has 0 unspecified atom stereocenters. The Morgan fingerprint density at radius 1 is 1.04 bits per heavy atom. The first-order valence-corrected chi connectivity index (χ1v) is 9.71. The van der Waals surface area contributed by atoms with Gasteiger partial charge in [0.2, 0.25) is 5.89 Å². The number of aryl methyl sites for hydroxylation is 1. The zero-order valence-corrected chi connectivity index (χ0v) is 15.8. The molecule has 8 heteroatoms. The maximum Gasteiger partial charge on any atom is 0.226 e. The Bertz CT molecular complexity index is 1220. The molecule has 0 aliphatic carbocycles. The van der Waals surface area contributed by atoms with Crippen molar-refractivity contribution in [2.24, 2.45) is 0 Å². The molecular formula is C20H16N6OS. The molecule has 4 aromatic heterocycles. The van der Waals surface area contributed by atoms with Crippen molar-refractivity contribution in [1.29, 1.82) is 0 Å². The van der Waals surface area contributed by atoms with E-state index in [2.05, 4.69) is 32.5 Å². The molecule has 0 fully saturated rings. The highest BCUT2D eigenvalue weighted by molar-refractivity contribution is 7.08. The van der Waals surface area contributed by atoms with Crippen LogP contribution in [0, 0.1) is 6.92 Å². The van der Waals surface area contributed by atoms with E-state index in [0.29, 0.717) is 23.9 Å². The van der Waals surface area contributed by atoms with Gasteiger partial charge in [-0.1, -0.05) is 17.7 Å². The van der Waals surface area contributed by atoms with Gasteiger partial charge in [0.1, 0.15) is 12.1 Å². The molecule has 0 amide bonds. The summed E-state index contributed by atoms with van der Waals surface area (Å²) in [6.45, 7) is 2.56. The highest BCUT2D eigenvalue weighted by Crippen LogP contribution is 2.22. The van der Waals surface area contributed by atoms with Crippen molar-refractivity contribution in [3.05, 3.63) is 70.7 Å². The third kappa shape index (κ3) is 3.14. The van der Waals surface area contributed by atoms with Crippen LogP contribution in [0.1, 0.15) is 11.3 Å². The first-order valence-electron chi connectivity index (χ1n) is 8.76. The summed E-state index contributed by atoms with van der Waals surface area (Å²) in [7, 11) is 0. The summed E-state index contributed by atoms with van der Waals surface area (Å²) in [5.74, 6) is 2.05. The fraction of sp³-hybridized carbons (Fsp3) is 0.100. The fourth-order valence-electron chi connectivity index (χ4n) is 2.85. The molecule has 5 rings (SSSR count). The van der Waals surface area contributed by atoms with Gasteiger partial charge in [-0.05, 0) is 42.6 Å². The number of benzene rings is 1. The third-order valence-corrected chi connectivity index (χ3v) is 5.03. The van der Waals surface area contributed by atoms with Crippen LogP contribution >= 0.6 is 11.3 Å². The average molecular weight is 388 g/mol. The molecule has 0 saturated carbocycles. The summed E-state index contributed by atoms with van der Waals surface area (Å²) in [6, 6.07) is 13.9. The molecule has 28 heavy (non-hydrogen) atoms. The summed E-state index contributed by atoms with van der Waals surface area (Å²) in [6.07, 6.45) is 1.66. The smallest absolute Gasteiger partial charge is 0.226 e. The molecular weight excluding hydrogens is 372 g/mol. The van der Waals surface area contributed by atoms with Gasteiger partial charge in [-0.3, -0.25) is 0 Å². The lowest BCUT2D eigenvalue weighted by Crippen LogP contribution is -2.05. The van der Waals surface area contributed by atoms with Crippen LogP contribution in [0.25, 0.3) is 28.5 Å². The van der Waals surface area contributed by atoms with Gasteiger partial charge in [-0.25, -0.2) is 4.98 Å². The van der Waals surface area contributed by atoms with Crippen LogP contribution in [-0.4, -0.2) is 24.8 Å². The van der Waals surface area contributed by atoms with Crippen LogP contribution in [0.2, 0.25) is 0 Å². The Labute approximate surface area is 164 Å². The molecule has 0 saturated heterocycles. The van der Waals surface area contributed by atoms with E-state index in [9.17, 15) is 0 Å². The molecule has 0 spiro atoms. The molecule has 1 aromatic carbocycles. The monoisotopic (exact) mass is 388 g/mol. The first kappa shape index (κ1) is 16.6. The number of hydrogen-bond donors (Lipinski definition) is 1. The second-order valence-corrected chi connectivity index (χ2v) is 7.17. The molecule has 0 bridgehead atoms. The number of anilines is 1. The minimum atomic E-state index is 0.504. The van der Waals surface area contributed by atoms with Crippen LogP contribution in [-0.2, 0) is 6.54 Å². The summed E-state index contributed by atoms with van der Waals surface area (Å²) in [4.78, 5) is 4.55. The van der Waals surface area contributed by atoms with Crippen LogP contribution in [0.15, 0.2) is 63.9 Å². The lowest BCUT2D eigenvalue weighted by atomic mass is 10.1. The van der Waals surface area contributed by atoms with E-state index in [-0.39, 0.29) is 0 Å². The molecule has 0 aliphatic heterocycles. The summed E-state index contributed by atoms with van der Waals surface area (Å²) in [5, 5.41) is 20.3. The van der Waals surface area contributed by atoms with Crippen LogP contribution in [0.3, 0.4) is 0 Å². The molecule has 1 N–H and O–H groups in total. The number of rotatable bonds is 5. The van der Waals surface area contributed by atoms with E-state index >= 15 is 0 Å². The molecule has 0 aliphatic rings. The number of thiophene rings is 1. The number of hydrogen-bond acceptors (Lipinski definition) is 7. The highest BCUT2D eigenvalue weighted by atomic mass is 32.1. The summed E-state index contributed by atoms with van der Waals surface area (Å²) < 4.78 is 7.35. The van der Waals surface area contributed by atoms with Gasteiger partial charge < -0.3 is 9.73 Å². The van der Waals surface area contributed by atoms with Crippen LogP contribution in [0.4, 0.5) is 5.82 Å². The lowest BCUT2D eigenvalue weighted by molar-refractivity contribution is 0.573. The fourth-order valence-corrected chi connectivity index (χ4v) is 3.49. The predicted molar refractivity (Wildman–Crippen MR) is 108 cm³/mol. The third-order valence-electron chi connectivity index (χ3n) is 4.34. The lowest BCUT2D eigenvalue weighted by Gasteiger charge is -2.04. The predicted octanol–water partition coefficient (Wildman–Crippen LogP) is 4.43. The highest BCUT2D eigenvalue weighted by Gasteiger charge is 2.11. The number of aromatic nitrogens is 5. The molecule has 0 atom stereocenters. The molecule has 7 nitrogen and oxygen atoms in total. The van der Waals surface area contributed by atoms with Crippen LogP contribution in [0.5, 0.6) is 0 Å². The minimum absolute atomic E-state index is 0.504. The maximum atomic E-state index is 5.61. The van der Waals surface area contributed by atoms with Crippen molar-refractivity contribution in [2.45, 2.75) is 13.5 Å². The van der Waals surface area contributed by atoms with Crippen molar-refractivity contribution in [2.75, 3.05) is 5.32 Å². The quantitative estimate of drug-likeness (QED) is 0.480. The second kappa shape index (κ2) is 6.90. The van der Waals surface area contributed by atoms with Gasteiger partial charge >= 0.3 is 0 Å². The number of fused-ring (bicyclic) bond motifs is 1. The van der Waals surface area contributed by atoms with E-state index in [1.54, 1.807) is 22.1 Å². The SMILES string of the molecule is Cc1ccc(-c2nc(CNc3ccc4nnc(-c5ccsc5)n4n3)co2)cc1. The molecule has 0 radical (unpaired) electrons. The molecule has 138 valence electrons. The van der Waals surface area contributed by atoms with E-state index in [4.69, 9.17) is 4.42 Å². The zero-order valence-electron chi connectivity index (χ0n) is 15.0. The average Bonchev–Trinajstić information content (AvgIpc) is 3.46.